The first-order chi connectivity index (χ1) is 9.11. The molecule has 0 aliphatic carbocycles. The molecule has 0 aliphatic heterocycles. The molecule has 1 aromatic heterocycles. The lowest BCUT2D eigenvalue weighted by atomic mass is 10.0. The van der Waals surface area contributed by atoms with Crippen LogP contribution in [0, 0.1) is 0 Å². The fraction of sp³-hybridized carbons (Fsp3) is 0.214. The zero-order valence-corrected chi connectivity index (χ0v) is 13.4. The molecule has 1 atom stereocenters. The molecule has 2 rings (SSSR count). The van der Waals surface area contributed by atoms with Gasteiger partial charge in [-0.05, 0) is 58.4 Å². The molecule has 1 N–H and O–H groups in total. The second-order valence-corrected chi connectivity index (χ2v) is 5.82. The Bertz CT molecular complexity index is 558. The van der Waals surface area contributed by atoms with Crippen molar-refractivity contribution in [1.29, 1.82) is 0 Å². The highest BCUT2D eigenvalue weighted by Crippen LogP contribution is 2.30. The SMILES string of the molecule is CCNC(c1ccc(Br)cn1)c1cc(Cl)ccc1Cl. The molecule has 0 fully saturated rings. The monoisotopic (exact) mass is 358 g/mol. The molecule has 0 radical (unpaired) electrons. The maximum Gasteiger partial charge on any atom is 0.0766 e. The molecule has 2 nitrogen and oxygen atoms in total. The lowest BCUT2D eigenvalue weighted by Crippen LogP contribution is -2.23. The molecule has 100 valence electrons. The lowest BCUT2D eigenvalue weighted by molar-refractivity contribution is 0.615. The maximum atomic E-state index is 6.27. The van der Waals surface area contributed by atoms with Gasteiger partial charge in [0, 0.05) is 20.7 Å². The average molecular weight is 360 g/mol. The van der Waals surface area contributed by atoms with E-state index in [9.17, 15) is 0 Å². The summed E-state index contributed by atoms with van der Waals surface area (Å²) in [5.41, 5.74) is 1.85. The predicted octanol–water partition coefficient (Wildman–Crippen LogP) is 4.85. The molecular formula is C14H13BrCl2N2. The number of benzene rings is 1. The van der Waals surface area contributed by atoms with E-state index in [2.05, 4.69) is 26.2 Å². The molecule has 0 amide bonds. The summed E-state index contributed by atoms with van der Waals surface area (Å²) in [5.74, 6) is 0. The molecule has 0 saturated carbocycles. The van der Waals surface area contributed by atoms with E-state index in [1.807, 2.05) is 31.2 Å². The molecule has 1 unspecified atom stereocenters. The van der Waals surface area contributed by atoms with Crippen molar-refractivity contribution in [2.45, 2.75) is 13.0 Å². The van der Waals surface area contributed by atoms with Crippen molar-refractivity contribution in [3.63, 3.8) is 0 Å². The number of nitrogens with one attached hydrogen (secondary N) is 1. The summed E-state index contributed by atoms with van der Waals surface area (Å²) >= 11 is 15.7. The predicted molar refractivity (Wildman–Crippen MR) is 83.9 cm³/mol. The fourth-order valence-corrected chi connectivity index (χ4v) is 2.51. The maximum absolute atomic E-state index is 6.27. The van der Waals surface area contributed by atoms with Gasteiger partial charge in [0.1, 0.15) is 0 Å². The average Bonchev–Trinajstić information content (AvgIpc) is 2.40. The molecule has 2 aromatic rings. The van der Waals surface area contributed by atoms with Gasteiger partial charge in [0.15, 0.2) is 0 Å². The van der Waals surface area contributed by atoms with Gasteiger partial charge in [0.25, 0.3) is 0 Å². The van der Waals surface area contributed by atoms with E-state index in [4.69, 9.17) is 23.2 Å². The van der Waals surface area contributed by atoms with Crippen LogP contribution >= 0.6 is 39.1 Å². The van der Waals surface area contributed by atoms with E-state index in [1.165, 1.54) is 0 Å². The summed E-state index contributed by atoms with van der Waals surface area (Å²) in [4.78, 5) is 4.43. The minimum Gasteiger partial charge on any atom is -0.305 e. The van der Waals surface area contributed by atoms with Crippen LogP contribution in [-0.2, 0) is 0 Å². The lowest BCUT2D eigenvalue weighted by Gasteiger charge is -2.19. The normalized spacial score (nSPS) is 12.4. The zero-order chi connectivity index (χ0) is 13.8. The quantitative estimate of drug-likeness (QED) is 0.843. The second kappa shape index (κ2) is 6.71. The number of rotatable bonds is 4. The number of hydrogen-bond acceptors (Lipinski definition) is 2. The third kappa shape index (κ3) is 3.69. The van der Waals surface area contributed by atoms with Crippen molar-refractivity contribution in [3.05, 3.63) is 62.3 Å². The van der Waals surface area contributed by atoms with Gasteiger partial charge in [0.05, 0.1) is 11.7 Å². The highest BCUT2D eigenvalue weighted by molar-refractivity contribution is 9.10. The molecule has 0 saturated heterocycles. The van der Waals surface area contributed by atoms with E-state index >= 15 is 0 Å². The Morgan fingerprint density at radius 1 is 1.26 bits per heavy atom. The van der Waals surface area contributed by atoms with Crippen molar-refractivity contribution < 1.29 is 0 Å². The third-order valence-electron chi connectivity index (χ3n) is 2.72. The Labute approximate surface area is 131 Å². The summed E-state index contributed by atoms with van der Waals surface area (Å²) in [6.07, 6.45) is 1.78. The Morgan fingerprint density at radius 3 is 2.68 bits per heavy atom. The van der Waals surface area contributed by atoms with E-state index in [0.717, 1.165) is 22.3 Å². The van der Waals surface area contributed by atoms with Gasteiger partial charge in [-0.2, -0.15) is 0 Å². The first-order valence-corrected chi connectivity index (χ1v) is 7.46. The van der Waals surface area contributed by atoms with Crippen molar-refractivity contribution in [2.75, 3.05) is 6.54 Å². The molecular weight excluding hydrogens is 347 g/mol. The molecule has 0 bridgehead atoms. The minimum absolute atomic E-state index is 0.0655. The first-order valence-electron chi connectivity index (χ1n) is 5.91. The van der Waals surface area contributed by atoms with Crippen LogP contribution in [0.4, 0.5) is 0 Å². The van der Waals surface area contributed by atoms with Crippen molar-refractivity contribution >= 4 is 39.1 Å². The largest absolute Gasteiger partial charge is 0.305 e. The van der Waals surface area contributed by atoms with Crippen molar-refractivity contribution in [3.8, 4) is 0 Å². The van der Waals surface area contributed by atoms with Crippen LogP contribution in [0.1, 0.15) is 24.2 Å². The topological polar surface area (TPSA) is 24.9 Å². The zero-order valence-electron chi connectivity index (χ0n) is 10.3. The van der Waals surface area contributed by atoms with Gasteiger partial charge in [-0.1, -0.05) is 30.1 Å². The van der Waals surface area contributed by atoms with Crippen molar-refractivity contribution in [2.24, 2.45) is 0 Å². The highest BCUT2D eigenvalue weighted by Gasteiger charge is 2.17. The molecule has 0 aliphatic rings. The summed E-state index contributed by atoms with van der Waals surface area (Å²) < 4.78 is 0.948. The fourth-order valence-electron chi connectivity index (χ4n) is 1.87. The summed E-state index contributed by atoms with van der Waals surface area (Å²) in [6, 6.07) is 9.33. The van der Waals surface area contributed by atoms with Crippen LogP contribution in [0.5, 0.6) is 0 Å². The van der Waals surface area contributed by atoms with Crippen LogP contribution in [0.2, 0.25) is 10.0 Å². The first kappa shape index (κ1) is 14.8. The number of halogens is 3. The van der Waals surface area contributed by atoms with Gasteiger partial charge in [-0.15, -0.1) is 0 Å². The molecule has 0 spiro atoms. The standard InChI is InChI=1S/C14H13BrCl2N2/c1-2-18-14(13-6-3-9(15)8-19-13)11-7-10(16)4-5-12(11)17/h3-8,14,18H,2H2,1H3. The summed E-state index contributed by atoms with van der Waals surface area (Å²) in [7, 11) is 0. The number of pyridine rings is 1. The highest BCUT2D eigenvalue weighted by atomic mass is 79.9. The minimum atomic E-state index is -0.0655. The van der Waals surface area contributed by atoms with Gasteiger partial charge >= 0.3 is 0 Å². The third-order valence-corrected chi connectivity index (χ3v) is 3.77. The summed E-state index contributed by atoms with van der Waals surface area (Å²) in [5, 5.41) is 4.73. The smallest absolute Gasteiger partial charge is 0.0766 e. The Morgan fingerprint density at radius 2 is 2.05 bits per heavy atom. The Kier molecular flexibility index (Phi) is 5.22. The molecule has 5 heteroatoms. The van der Waals surface area contributed by atoms with Gasteiger partial charge in [0.2, 0.25) is 0 Å². The Balaban J connectivity index is 2.44. The number of nitrogens with zero attached hydrogens (tertiary/aromatic N) is 1. The van der Waals surface area contributed by atoms with Crippen LogP contribution in [0.3, 0.4) is 0 Å². The van der Waals surface area contributed by atoms with Crippen LogP contribution < -0.4 is 5.32 Å². The number of hydrogen-bond donors (Lipinski definition) is 1. The van der Waals surface area contributed by atoms with Crippen LogP contribution in [0.15, 0.2) is 41.0 Å². The summed E-state index contributed by atoms with van der Waals surface area (Å²) in [6.45, 7) is 2.86. The molecule has 1 heterocycles. The van der Waals surface area contributed by atoms with E-state index in [1.54, 1.807) is 12.3 Å². The second-order valence-electron chi connectivity index (χ2n) is 4.06. The van der Waals surface area contributed by atoms with Crippen LogP contribution in [0.25, 0.3) is 0 Å². The van der Waals surface area contributed by atoms with E-state index in [0.29, 0.717) is 10.0 Å². The Hall–Kier alpha value is -0.610. The van der Waals surface area contributed by atoms with Crippen molar-refractivity contribution in [1.82, 2.24) is 10.3 Å². The number of aromatic nitrogens is 1. The van der Waals surface area contributed by atoms with Gasteiger partial charge in [-0.3, -0.25) is 4.98 Å². The van der Waals surface area contributed by atoms with Gasteiger partial charge in [-0.25, -0.2) is 0 Å². The van der Waals surface area contributed by atoms with Gasteiger partial charge < -0.3 is 5.32 Å². The molecule has 19 heavy (non-hydrogen) atoms. The van der Waals surface area contributed by atoms with E-state index < -0.39 is 0 Å². The van der Waals surface area contributed by atoms with Crippen LogP contribution in [-0.4, -0.2) is 11.5 Å². The van der Waals surface area contributed by atoms with E-state index in [-0.39, 0.29) is 6.04 Å². The molecule has 1 aromatic carbocycles.